The fourth-order valence-electron chi connectivity index (χ4n) is 3.25. The molecule has 0 fully saturated rings. The Hall–Kier alpha value is -3.70. The second kappa shape index (κ2) is 11.6. The molecule has 4 aromatic carbocycles. The molecule has 13 heteroatoms. The van der Waals surface area contributed by atoms with Crippen molar-refractivity contribution in [2.75, 3.05) is 0 Å². The minimum absolute atomic E-state index is 0.171. The maximum atomic E-state index is 14.1. The summed E-state index contributed by atoms with van der Waals surface area (Å²) < 4.78 is 128. The van der Waals surface area contributed by atoms with Crippen LogP contribution in [0.4, 0.5) is 35.1 Å². The quantitative estimate of drug-likeness (QED) is 0.115. The number of alkyl halides is 2. The molecule has 0 N–H and O–H groups in total. The van der Waals surface area contributed by atoms with Gasteiger partial charge in [0, 0.05) is 11.1 Å². The van der Waals surface area contributed by atoms with Crippen LogP contribution in [-0.2, 0) is 11.8 Å². The van der Waals surface area contributed by atoms with E-state index in [1.54, 1.807) is 0 Å². The molecule has 0 unspecified atom stereocenters. The number of rotatable bonds is 8. The zero-order chi connectivity index (χ0) is 28.4. The van der Waals surface area contributed by atoms with E-state index in [4.69, 9.17) is 37.4 Å². The van der Waals surface area contributed by atoms with Gasteiger partial charge in [0.05, 0.1) is 11.8 Å². The smallest absolute Gasteiger partial charge is 0.204 e. The molecule has 0 heterocycles. The summed E-state index contributed by atoms with van der Waals surface area (Å²) in [6.45, 7) is 0. The van der Waals surface area contributed by atoms with Gasteiger partial charge in [-0.3, -0.25) is 0 Å². The molecule has 0 atom stereocenters. The summed E-state index contributed by atoms with van der Waals surface area (Å²) >= 11 is 10.6. The van der Waals surface area contributed by atoms with Gasteiger partial charge in [-0.05, 0) is 48.5 Å². The highest BCUT2D eigenvalue weighted by atomic mass is 35.5. The summed E-state index contributed by atoms with van der Waals surface area (Å²) in [4.78, 5) is 0. The van der Waals surface area contributed by atoms with Crippen LogP contribution in [0.15, 0.2) is 48.5 Å². The van der Waals surface area contributed by atoms with Gasteiger partial charge in [0.1, 0.15) is 23.0 Å². The summed E-state index contributed by atoms with van der Waals surface area (Å²) in [6.07, 6.45) is 0. The van der Waals surface area contributed by atoms with E-state index >= 15 is 0 Å². The lowest BCUT2D eigenvalue weighted by Gasteiger charge is -2.13. The van der Waals surface area contributed by atoms with Gasteiger partial charge in [0.2, 0.25) is 34.8 Å². The zero-order valence-electron chi connectivity index (χ0n) is 19.0. The molecule has 0 amide bonds. The summed E-state index contributed by atoms with van der Waals surface area (Å²) in [6, 6.07) is 9.95. The minimum Gasteiger partial charge on any atom is -0.457 e. The second-order valence-corrected chi connectivity index (χ2v) is 8.18. The largest absolute Gasteiger partial charge is 0.457 e. The Morgan fingerprint density at radius 1 is 0.385 bits per heavy atom. The molecule has 0 aliphatic heterocycles. The van der Waals surface area contributed by atoms with Crippen LogP contribution in [0.2, 0.25) is 0 Å². The summed E-state index contributed by atoms with van der Waals surface area (Å²) in [5.41, 5.74) is -1.95. The first kappa shape index (κ1) is 28.3. The monoisotopic (exact) mass is 594 g/mol. The standard InChI is InChI=1S/C26H12Cl2F8O3/c27-9-15-17(29)21(33)25(22(34)18(15)30)38-13-5-1-11(2-6-13)37-12-3-7-14(8-4-12)39-26-23(35)19(31)16(10-28)20(32)24(26)36/h1-8H,9-10H2. The normalized spacial score (nSPS) is 11.0. The number of ether oxygens (including phenoxy) is 3. The molecular formula is C26H12Cl2F8O3. The Morgan fingerprint density at radius 3 is 0.846 bits per heavy atom. The second-order valence-electron chi connectivity index (χ2n) is 7.64. The van der Waals surface area contributed by atoms with Crippen molar-refractivity contribution in [1.29, 1.82) is 0 Å². The molecule has 3 nitrogen and oxygen atoms in total. The molecule has 0 saturated carbocycles. The molecular weight excluding hydrogens is 583 g/mol. The molecule has 4 aromatic rings. The predicted octanol–water partition coefficient (Wildman–Crippen LogP) is 9.65. The van der Waals surface area contributed by atoms with Gasteiger partial charge in [0.25, 0.3) is 0 Å². The number of halogens is 10. The Kier molecular flexibility index (Phi) is 8.41. The van der Waals surface area contributed by atoms with Crippen molar-refractivity contribution in [2.45, 2.75) is 11.8 Å². The van der Waals surface area contributed by atoms with Crippen molar-refractivity contribution in [1.82, 2.24) is 0 Å². The fourth-order valence-corrected chi connectivity index (χ4v) is 3.72. The van der Waals surface area contributed by atoms with Crippen LogP contribution in [0.3, 0.4) is 0 Å². The molecule has 0 radical (unpaired) electrons. The van der Waals surface area contributed by atoms with Crippen molar-refractivity contribution < 1.29 is 49.3 Å². The average molecular weight is 595 g/mol. The molecule has 0 aliphatic carbocycles. The molecule has 0 spiro atoms. The summed E-state index contributed by atoms with van der Waals surface area (Å²) in [5.74, 6) is -18.0. The highest BCUT2D eigenvalue weighted by Gasteiger charge is 2.28. The van der Waals surface area contributed by atoms with E-state index in [0.717, 1.165) is 0 Å². The van der Waals surface area contributed by atoms with Gasteiger partial charge < -0.3 is 14.2 Å². The topological polar surface area (TPSA) is 27.7 Å². The van der Waals surface area contributed by atoms with Gasteiger partial charge in [-0.2, -0.15) is 17.6 Å². The van der Waals surface area contributed by atoms with Crippen LogP contribution in [0, 0.1) is 46.5 Å². The maximum absolute atomic E-state index is 14.1. The molecule has 204 valence electrons. The third-order valence-electron chi connectivity index (χ3n) is 5.22. The van der Waals surface area contributed by atoms with E-state index in [0.29, 0.717) is 0 Å². The molecule has 0 saturated heterocycles. The van der Waals surface area contributed by atoms with Crippen LogP contribution in [0.25, 0.3) is 0 Å². The van der Waals surface area contributed by atoms with Crippen molar-refractivity contribution in [3.05, 3.63) is 106 Å². The zero-order valence-corrected chi connectivity index (χ0v) is 20.5. The first-order chi connectivity index (χ1) is 18.6. The highest BCUT2D eigenvalue weighted by Crippen LogP contribution is 2.36. The Bertz CT molecular complexity index is 1360. The highest BCUT2D eigenvalue weighted by molar-refractivity contribution is 6.17. The molecule has 0 bridgehead atoms. The van der Waals surface area contributed by atoms with Crippen molar-refractivity contribution in [3.8, 4) is 34.5 Å². The van der Waals surface area contributed by atoms with Crippen LogP contribution >= 0.6 is 23.2 Å². The summed E-state index contributed by atoms with van der Waals surface area (Å²) in [5, 5.41) is 0. The third kappa shape index (κ3) is 5.55. The lowest BCUT2D eigenvalue weighted by molar-refractivity contribution is 0.361. The van der Waals surface area contributed by atoms with E-state index < -0.39 is 80.9 Å². The Labute approximate surface area is 225 Å². The van der Waals surface area contributed by atoms with Gasteiger partial charge in [-0.25, -0.2) is 17.6 Å². The molecule has 0 aromatic heterocycles. The lowest BCUT2D eigenvalue weighted by atomic mass is 10.2. The SMILES string of the molecule is Fc1c(F)c(Oc2ccc(Oc3ccc(Oc4c(F)c(F)c(CCl)c(F)c4F)cc3)cc2)c(F)c(F)c1CCl. The van der Waals surface area contributed by atoms with E-state index in [2.05, 4.69) is 0 Å². The van der Waals surface area contributed by atoms with E-state index in [1.165, 1.54) is 48.5 Å². The first-order valence-corrected chi connectivity index (χ1v) is 11.7. The molecule has 39 heavy (non-hydrogen) atoms. The third-order valence-corrected chi connectivity index (χ3v) is 5.75. The lowest BCUT2D eigenvalue weighted by Crippen LogP contribution is -2.05. The average Bonchev–Trinajstić information content (AvgIpc) is 2.94. The number of benzene rings is 4. The molecule has 0 aliphatic rings. The van der Waals surface area contributed by atoms with Crippen LogP contribution in [0.5, 0.6) is 34.5 Å². The van der Waals surface area contributed by atoms with E-state index in [-0.39, 0.29) is 23.0 Å². The molecule has 4 rings (SSSR count). The van der Waals surface area contributed by atoms with Crippen molar-refractivity contribution in [2.24, 2.45) is 0 Å². The summed E-state index contributed by atoms with van der Waals surface area (Å²) in [7, 11) is 0. The van der Waals surface area contributed by atoms with Gasteiger partial charge >= 0.3 is 0 Å². The Balaban J connectivity index is 1.47. The minimum atomic E-state index is -1.76. The van der Waals surface area contributed by atoms with Gasteiger partial charge in [-0.15, -0.1) is 23.2 Å². The maximum Gasteiger partial charge on any atom is 0.204 e. The van der Waals surface area contributed by atoms with Crippen LogP contribution < -0.4 is 14.2 Å². The first-order valence-electron chi connectivity index (χ1n) is 10.6. The number of hydrogen-bond donors (Lipinski definition) is 0. The number of hydrogen-bond acceptors (Lipinski definition) is 3. The van der Waals surface area contributed by atoms with Crippen molar-refractivity contribution >= 4 is 23.2 Å². The van der Waals surface area contributed by atoms with Gasteiger partial charge in [0.15, 0.2) is 23.3 Å². The van der Waals surface area contributed by atoms with E-state index in [9.17, 15) is 35.1 Å². The van der Waals surface area contributed by atoms with Crippen LogP contribution in [0.1, 0.15) is 11.1 Å². The van der Waals surface area contributed by atoms with Crippen LogP contribution in [-0.4, -0.2) is 0 Å². The van der Waals surface area contributed by atoms with Gasteiger partial charge in [-0.1, -0.05) is 0 Å². The van der Waals surface area contributed by atoms with E-state index in [1.807, 2.05) is 0 Å². The fraction of sp³-hybridized carbons (Fsp3) is 0.0769. The predicted molar refractivity (Wildman–Crippen MR) is 125 cm³/mol. The Morgan fingerprint density at radius 2 is 0.615 bits per heavy atom. The van der Waals surface area contributed by atoms with Crippen molar-refractivity contribution in [3.63, 3.8) is 0 Å².